The summed E-state index contributed by atoms with van der Waals surface area (Å²) >= 11 is 0. The lowest BCUT2D eigenvalue weighted by Crippen LogP contribution is -2.34. The molecule has 0 bridgehead atoms. The van der Waals surface area contributed by atoms with Gasteiger partial charge in [0.15, 0.2) is 5.84 Å². The van der Waals surface area contributed by atoms with E-state index in [1.165, 1.54) is 28.1 Å². The van der Waals surface area contributed by atoms with E-state index in [0.717, 1.165) is 47.1 Å². The molecule has 4 aromatic carbocycles. The Bertz CT molecular complexity index is 1760. The highest BCUT2D eigenvalue weighted by Gasteiger charge is 2.35. The number of hydrogen-bond donors (Lipinski definition) is 1. The van der Waals surface area contributed by atoms with E-state index in [-0.39, 0.29) is 11.6 Å². The van der Waals surface area contributed by atoms with E-state index in [1.54, 1.807) is 0 Å². The Balaban J connectivity index is 1.17. The molecule has 0 fully saturated rings. The van der Waals surface area contributed by atoms with Gasteiger partial charge in [-0.1, -0.05) is 80.6 Å². The molecule has 0 radical (unpaired) electrons. The number of nitrogens with zero attached hydrogens (tertiary/aromatic N) is 3. The minimum absolute atomic E-state index is 0.136. The van der Waals surface area contributed by atoms with Crippen molar-refractivity contribution in [2.45, 2.75) is 38.3 Å². The molecule has 208 valence electrons. The molecule has 0 saturated carbocycles. The first-order valence-electron chi connectivity index (χ1n) is 14.6. The molecule has 7 rings (SSSR count). The Morgan fingerprint density at radius 1 is 0.833 bits per heavy atom. The number of aliphatic imine (C=N–C) groups is 2. The predicted octanol–water partition coefficient (Wildman–Crippen LogP) is 8.61. The van der Waals surface area contributed by atoms with Gasteiger partial charge in [0.2, 0.25) is 0 Å². The fraction of sp³-hybridized carbons (Fsp3) is 0.189. The normalized spacial score (nSPS) is 18.6. The van der Waals surface area contributed by atoms with Crippen LogP contribution in [0.3, 0.4) is 0 Å². The minimum atomic E-state index is -0.196. The summed E-state index contributed by atoms with van der Waals surface area (Å²) in [5, 5.41) is 3.56. The maximum Gasteiger partial charge on any atom is 0.159 e. The average Bonchev–Trinajstić information content (AvgIpc) is 3.05. The second kappa shape index (κ2) is 10.5. The molecule has 5 nitrogen and oxygen atoms in total. The van der Waals surface area contributed by atoms with Crippen molar-refractivity contribution in [3.05, 3.63) is 143 Å². The zero-order valence-electron chi connectivity index (χ0n) is 24.2. The summed E-state index contributed by atoms with van der Waals surface area (Å²) in [5.74, 6) is 3.21. The number of ether oxygens (including phenoxy) is 1. The molecule has 0 amide bonds. The van der Waals surface area contributed by atoms with Crippen molar-refractivity contribution < 1.29 is 4.74 Å². The number of nitrogens with one attached hydrogen (secondary N) is 1. The van der Waals surface area contributed by atoms with Crippen molar-refractivity contribution in [2.75, 3.05) is 11.9 Å². The van der Waals surface area contributed by atoms with E-state index < -0.39 is 0 Å². The zero-order valence-corrected chi connectivity index (χ0v) is 24.2. The Morgan fingerprint density at radius 3 is 2.36 bits per heavy atom. The summed E-state index contributed by atoms with van der Waals surface area (Å²) < 4.78 is 6.39. The van der Waals surface area contributed by atoms with Crippen molar-refractivity contribution in [1.82, 2.24) is 5.32 Å². The number of amidine groups is 2. The number of allylic oxidation sites excluding steroid dienone is 3. The van der Waals surface area contributed by atoms with Crippen molar-refractivity contribution >= 4 is 23.0 Å². The van der Waals surface area contributed by atoms with Gasteiger partial charge < -0.3 is 15.0 Å². The van der Waals surface area contributed by atoms with Gasteiger partial charge in [0.25, 0.3) is 0 Å². The van der Waals surface area contributed by atoms with Crippen LogP contribution in [0.1, 0.15) is 55.1 Å². The van der Waals surface area contributed by atoms with Crippen molar-refractivity contribution in [1.29, 1.82) is 0 Å². The molecule has 1 N–H and O–H groups in total. The topological polar surface area (TPSA) is 49.2 Å². The third kappa shape index (κ3) is 4.71. The maximum atomic E-state index is 6.39. The van der Waals surface area contributed by atoms with Gasteiger partial charge in [0, 0.05) is 29.4 Å². The first-order valence-corrected chi connectivity index (χ1v) is 14.6. The van der Waals surface area contributed by atoms with Crippen molar-refractivity contribution in [3.8, 4) is 11.5 Å². The second-order valence-corrected chi connectivity index (χ2v) is 11.5. The predicted molar refractivity (Wildman–Crippen MR) is 172 cm³/mol. The Labute approximate surface area is 247 Å². The summed E-state index contributed by atoms with van der Waals surface area (Å²) in [6.45, 7) is 4.57. The lowest BCUT2D eigenvalue weighted by Gasteiger charge is -2.40. The van der Waals surface area contributed by atoms with Crippen molar-refractivity contribution in [2.24, 2.45) is 9.98 Å². The molecule has 1 unspecified atom stereocenters. The molecule has 0 spiro atoms. The Kier molecular flexibility index (Phi) is 6.50. The molecule has 1 atom stereocenters. The van der Waals surface area contributed by atoms with Gasteiger partial charge in [-0.15, -0.1) is 0 Å². The quantitative estimate of drug-likeness (QED) is 0.271. The molecule has 0 aromatic heterocycles. The lowest BCUT2D eigenvalue weighted by molar-refractivity contribution is 0.479. The highest BCUT2D eigenvalue weighted by Crippen LogP contribution is 2.49. The molecular formula is C37H34N4O. The third-order valence-electron chi connectivity index (χ3n) is 8.47. The van der Waals surface area contributed by atoms with Crippen LogP contribution in [0.15, 0.2) is 131 Å². The monoisotopic (exact) mass is 550 g/mol. The van der Waals surface area contributed by atoms with Crippen LogP contribution in [-0.4, -0.2) is 18.7 Å². The van der Waals surface area contributed by atoms with E-state index in [0.29, 0.717) is 0 Å². The SMILES string of the molecule is CN1c2ccccc2C(C)(C)c2cc(Oc3ccc(C4=NC(c5ccccc5)NC(C5=CC=CCC5)=N4)cc3)ccc21. The van der Waals surface area contributed by atoms with Crippen LogP contribution < -0.4 is 15.0 Å². The first kappa shape index (κ1) is 26.0. The van der Waals surface area contributed by atoms with Crippen molar-refractivity contribution in [3.63, 3.8) is 0 Å². The van der Waals surface area contributed by atoms with Gasteiger partial charge in [-0.05, 0) is 83.6 Å². The van der Waals surface area contributed by atoms with Crippen LogP contribution in [0, 0.1) is 0 Å². The molecule has 4 aromatic rings. The lowest BCUT2D eigenvalue weighted by atomic mass is 9.74. The van der Waals surface area contributed by atoms with Crippen LogP contribution in [0.4, 0.5) is 11.4 Å². The third-order valence-corrected chi connectivity index (χ3v) is 8.47. The van der Waals surface area contributed by atoms with E-state index in [9.17, 15) is 0 Å². The molecule has 3 aliphatic rings. The molecule has 0 saturated heterocycles. The van der Waals surface area contributed by atoms with Crippen LogP contribution in [0.5, 0.6) is 11.5 Å². The largest absolute Gasteiger partial charge is 0.457 e. The number of benzene rings is 4. The fourth-order valence-electron chi connectivity index (χ4n) is 6.10. The van der Waals surface area contributed by atoms with Gasteiger partial charge in [-0.25, -0.2) is 9.98 Å². The number of para-hydroxylation sites is 1. The van der Waals surface area contributed by atoms with E-state index >= 15 is 0 Å². The highest BCUT2D eigenvalue weighted by molar-refractivity contribution is 6.13. The molecule has 2 heterocycles. The minimum Gasteiger partial charge on any atom is -0.457 e. The fourth-order valence-corrected chi connectivity index (χ4v) is 6.10. The molecule has 1 aliphatic carbocycles. The molecule has 42 heavy (non-hydrogen) atoms. The van der Waals surface area contributed by atoms with E-state index in [1.807, 2.05) is 42.5 Å². The summed E-state index contributed by atoms with van der Waals surface area (Å²) in [6.07, 6.45) is 8.23. The average molecular weight is 551 g/mol. The van der Waals surface area contributed by atoms with Crippen LogP contribution >= 0.6 is 0 Å². The highest BCUT2D eigenvalue weighted by atomic mass is 16.5. The first-order chi connectivity index (χ1) is 20.5. The zero-order chi connectivity index (χ0) is 28.7. The summed E-state index contributed by atoms with van der Waals surface area (Å²) in [6, 6.07) is 33.4. The standard InChI is InChI=1S/C37H34N4O/c1-37(2)30-16-10-11-17-32(30)41(3)33-23-22-29(24-31(33)37)42-28-20-18-27(19-21-28)36-39-34(25-12-6-4-7-13-25)38-35(40-36)26-14-8-5-9-15-26/h4-8,10-14,16-24,34H,9,15H2,1-3H3,(H,38,39,40). The van der Waals surface area contributed by atoms with Gasteiger partial charge in [0.1, 0.15) is 23.5 Å². The van der Waals surface area contributed by atoms with Crippen LogP contribution in [-0.2, 0) is 5.41 Å². The Hall–Kier alpha value is -4.90. The molecular weight excluding hydrogens is 516 g/mol. The summed E-state index contributed by atoms with van der Waals surface area (Å²) in [5.41, 5.74) is 8.16. The van der Waals surface area contributed by atoms with Gasteiger partial charge in [0.05, 0.1) is 0 Å². The number of anilines is 2. The van der Waals surface area contributed by atoms with Gasteiger partial charge in [-0.3, -0.25) is 0 Å². The van der Waals surface area contributed by atoms with E-state index in [2.05, 4.69) is 104 Å². The van der Waals surface area contributed by atoms with Crippen LogP contribution in [0.25, 0.3) is 0 Å². The summed E-state index contributed by atoms with van der Waals surface area (Å²) in [7, 11) is 2.13. The number of fused-ring (bicyclic) bond motifs is 2. The Morgan fingerprint density at radius 2 is 1.57 bits per heavy atom. The van der Waals surface area contributed by atoms with Gasteiger partial charge in [-0.2, -0.15) is 0 Å². The van der Waals surface area contributed by atoms with E-state index in [4.69, 9.17) is 14.7 Å². The molecule has 5 heteroatoms. The second-order valence-electron chi connectivity index (χ2n) is 11.5. The number of hydrogen-bond acceptors (Lipinski definition) is 5. The maximum absolute atomic E-state index is 6.39. The number of rotatable bonds is 5. The van der Waals surface area contributed by atoms with Gasteiger partial charge >= 0.3 is 0 Å². The smallest absolute Gasteiger partial charge is 0.159 e. The molecule has 2 aliphatic heterocycles. The van der Waals surface area contributed by atoms with Crippen LogP contribution in [0.2, 0.25) is 0 Å². The summed E-state index contributed by atoms with van der Waals surface area (Å²) in [4.78, 5) is 12.2.